The summed E-state index contributed by atoms with van der Waals surface area (Å²) >= 11 is 0. The van der Waals surface area contributed by atoms with Crippen LogP contribution in [0.25, 0.3) is 10.9 Å². The fraction of sp³-hybridized carbons (Fsp3) is 0.429. The number of unbranched alkanes of at least 4 members (excludes halogenated alkanes) is 2. The third kappa shape index (κ3) is 4.36. The highest BCUT2D eigenvalue weighted by Gasteiger charge is 2.43. The highest BCUT2D eigenvalue weighted by Crippen LogP contribution is 2.48. The van der Waals surface area contributed by atoms with Gasteiger partial charge < -0.3 is 9.84 Å². The molecule has 0 aliphatic heterocycles. The molecule has 1 heterocycles. The van der Waals surface area contributed by atoms with Crippen LogP contribution < -0.4 is 4.74 Å². The van der Waals surface area contributed by atoms with E-state index in [1.807, 2.05) is 36.4 Å². The lowest BCUT2D eigenvalue weighted by Gasteiger charge is -2.37. The number of benzene rings is 2. The van der Waals surface area contributed by atoms with Gasteiger partial charge in [0.25, 0.3) is 0 Å². The monoisotopic (exact) mass is 431 g/mol. The molecule has 4 heteroatoms. The van der Waals surface area contributed by atoms with Crippen LogP contribution in [0.1, 0.15) is 80.4 Å². The van der Waals surface area contributed by atoms with Crippen molar-refractivity contribution >= 4 is 16.7 Å². The number of carbonyl (C=O) groups excluding carboxylic acids is 1. The number of carbonyl (C=O) groups is 1. The maximum absolute atomic E-state index is 13.7. The molecule has 0 fully saturated rings. The molecule has 0 bridgehead atoms. The van der Waals surface area contributed by atoms with E-state index in [1.54, 1.807) is 12.1 Å². The lowest BCUT2D eigenvalue weighted by Crippen LogP contribution is -2.36. The highest BCUT2D eigenvalue weighted by atomic mass is 16.5. The number of rotatable bonds is 9. The zero-order valence-electron chi connectivity index (χ0n) is 19.2. The average molecular weight is 432 g/mol. The van der Waals surface area contributed by atoms with Crippen LogP contribution in [0.5, 0.6) is 11.5 Å². The fourth-order valence-corrected chi connectivity index (χ4v) is 4.97. The lowest BCUT2D eigenvalue weighted by atomic mass is 9.65. The number of Topliss-reactive ketones (excluding diaryl/α,β-unsaturated/α-hetero) is 1. The van der Waals surface area contributed by atoms with E-state index < -0.39 is 0 Å². The molecular formula is C28H33NO3. The minimum atomic E-state index is -0.352. The molecule has 2 aromatic carbocycles. The number of fused-ring (bicyclic) bond motifs is 2. The van der Waals surface area contributed by atoms with E-state index in [2.05, 4.69) is 18.8 Å². The van der Waals surface area contributed by atoms with Crippen LogP contribution >= 0.6 is 0 Å². The summed E-state index contributed by atoms with van der Waals surface area (Å²) in [6, 6.07) is 15.4. The number of phenolic OH excluding ortho intramolecular Hbond substituents is 1. The minimum absolute atomic E-state index is 0.0817. The molecule has 1 N–H and O–H groups in total. The molecule has 0 spiro atoms. The first-order valence-corrected chi connectivity index (χ1v) is 11.9. The molecule has 0 saturated carbocycles. The second-order valence-corrected chi connectivity index (χ2v) is 9.04. The second-order valence-electron chi connectivity index (χ2n) is 9.04. The minimum Gasteiger partial charge on any atom is -0.507 e. The van der Waals surface area contributed by atoms with Crippen molar-refractivity contribution in [1.29, 1.82) is 0 Å². The number of pyridine rings is 1. The van der Waals surface area contributed by atoms with Gasteiger partial charge in [-0.2, -0.15) is 0 Å². The van der Waals surface area contributed by atoms with Crippen LogP contribution in [0, 0.1) is 5.41 Å². The molecule has 0 saturated heterocycles. The Kier molecular flexibility index (Phi) is 6.78. The molecule has 4 nitrogen and oxygen atoms in total. The van der Waals surface area contributed by atoms with Gasteiger partial charge in [-0.3, -0.25) is 4.79 Å². The van der Waals surface area contributed by atoms with Crippen molar-refractivity contribution in [2.45, 2.75) is 71.8 Å². The van der Waals surface area contributed by atoms with Gasteiger partial charge in [-0.05, 0) is 49.9 Å². The average Bonchev–Trinajstić information content (AvgIpc) is 2.82. The van der Waals surface area contributed by atoms with Gasteiger partial charge >= 0.3 is 0 Å². The Balaban J connectivity index is 1.60. The van der Waals surface area contributed by atoms with Crippen molar-refractivity contribution in [3.63, 3.8) is 0 Å². The molecule has 168 valence electrons. The molecular weight excluding hydrogens is 398 g/mol. The van der Waals surface area contributed by atoms with Crippen molar-refractivity contribution in [3.8, 4) is 11.5 Å². The number of ether oxygens (including phenoxy) is 1. The van der Waals surface area contributed by atoms with E-state index >= 15 is 0 Å². The first-order valence-electron chi connectivity index (χ1n) is 11.9. The van der Waals surface area contributed by atoms with Crippen molar-refractivity contribution in [1.82, 2.24) is 4.98 Å². The Bertz CT molecular complexity index is 1100. The van der Waals surface area contributed by atoms with Gasteiger partial charge in [0, 0.05) is 16.4 Å². The summed E-state index contributed by atoms with van der Waals surface area (Å²) in [5.74, 6) is 0.867. The molecule has 0 amide bonds. The number of para-hydroxylation sites is 1. The number of aromatic hydroxyl groups is 1. The highest BCUT2D eigenvalue weighted by molar-refractivity contribution is 6.05. The second kappa shape index (κ2) is 9.72. The van der Waals surface area contributed by atoms with Crippen LogP contribution in [0.4, 0.5) is 0 Å². The number of aromatic nitrogens is 1. The molecule has 0 atom stereocenters. The van der Waals surface area contributed by atoms with Crippen molar-refractivity contribution in [2.75, 3.05) is 0 Å². The zero-order chi connectivity index (χ0) is 22.6. The Morgan fingerprint density at radius 1 is 1.00 bits per heavy atom. The number of phenols is 1. The number of ketones is 1. The Morgan fingerprint density at radius 2 is 1.75 bits per heavy atom. The largest absolute Gasteiger partial charge is 0.507 e. The summed E-state index contributed by atoms with van der Waals surface area (Å²) in [5, 5.41) is 11.7. The van der Waals surface area contributed by atoms with E-state index in [9.17, 15) is 9.90 Å². The van der Waals surface area contributed by atoms with E-state index in [4.69, 9.17) is 4.74 Å². The standard InChI is InChI=1S/C28H33NO3/c1-3-5-16-28(17-6-4-2)18-15-22-25(14-13-24(30)26(22)27(28)31)32-19-21-12-11-20-9-7-8-10-23(20)29-21/h7-14,30H,3-6,15-19H2,1-2H3. The third-order valence-electron chi connectivity index (χ3n) is 6.86. The molecule has 32 heavy (non-hydrogen) atoms. The third-order valence-corrected chi connectivity index (χ3v) is 6.86. The zero-order valence-corrected chi connectivity index (χ0v) is 19.2. The summed E-state index contributed by atoms with van der Waals surface area (Å²) < 4.78 is 6.15. The van der Waals surface area contributed by atoms with Gasteiger partial charge in [-0.15, -0.1) is 0 Å². The van der Waals surface area contributed by atoms with Gasteiger partial charge in [0.2, 0.25) is 0 Å². The molecule has 0 unspecified atom stereocenters. The normalized spacial score (nSPS) is 15.0. The van der Waals surface area contributed by atoms with Crippen LogP contribution in [-0.2, 0) is 13.0 Å². The van der Waals surface area contributed by atoms with E-state index in [1.165, 1.54) is 0 Å². The van der Waals surface area contributed by atoms with Crippen molar-refractivity contribution in [3.05, 3.63) is 65.4 Å². The summed E-state index contributed by atoms with van der Waals surface area (Å²) in [5.41, 5.74) is 2.75. The Hall–Kier alpha value is -2.88. The predicted octanol–water partition coefficient (Wildman–Crippen LogP) is 7.02. The van der Waals surface area contributed by atoms with E-state index in [0.717, 1.165) is 73.5 Å². The molecule has 0 radical (unpaired) electrons. The number of hydrogen-bond acceptors (Lipinski definition) is 4. The van der Waals surface area contributed by atoms with Gasteiger partial charge in [0.15, 0.2) is 5.78 Å². The molecule has 3 aromatic rings. The van der Waals surface area contributed by atoms with Gasteiger partial charge in [-0.1, -0.05) is 63.8 Å². The quantitative estimate of drug-likeness (QED) is 0.396. The SMILES string of the molecule is CCCCC1(CCCC)CCc2c(OCc3ccc4ccccc4n3)ccc(O)c2C1=O. The summed E-state index contributed by atoms with van der Waals surface area (Å²) in [7, 11) is 0. The summed E-state index contributed by atoms with van der Waals surface area (Å²) in [6.07, 6.45) is 7.59. The van der Waals surface area contributed by atoms with Crippen molar-refractivity contribution < 1.29 is 14.6 Å². The molecule has 1 aliphatic carbocycles. The topological polar surface area (TPSA) is 59.4 Å². The van der Waals surface area contributed by atoms with Gasteiger partial charge in [0.05, 0.1) is 16.8 Å². The molecule has 1 aliphatic rings. The molecule has 1 aromatic heterocycles. The number of hydrogen-bond donors (Lipinski definition) is 1. The lowest BCUT2D eigenvalue weighted by molar-refractivity contribution is 0.0701. The molecule has 4 rings (SSSR count). The van der Waals surface area contributed by atoms with Crippen LogP contribution in [0.2, 0.25) is 0 Å². The summed E-state index contributed by atoms with van der Waals surface area (Å²) in [4.78, 5) is 18.4. The Morgan fingerprint density at radius 3 is 2.50 bits per heavy atom. The predicted molar refractivity (Wildman–Crippen MR) is 128 cm³/mol. The smallest absolute Gasteiger partial charge is 0.173 e. The van der Waals surface area contributed by atoms with E-state index in [0.29, 0.717) is 17.9 Å². The maximum atomic E-state index is 13.7. The Labute approximate surface area is 190 Å². The van der Waals surface area contributed by atoms with Crippen LogP contribution in [-0.4, -0.2) is 15.9 Å². The van der Waals surface area contributed by atoms with Crippen molar-refractivity contribution in [2.24, 2.45) is 5.41 Å². The van der Waals surface area contributed by atoms with Gasteiger partial charge in [0.1, 0.15) is 18.1 Å². The summed E-state index contributed by atoms with van der Waals surface area (Å²) in [6.45, 7) is 4.66. The van der Waals surface area contributed by atoms with E-state index in [-0.39, 0.29) is 16.9 Å². The van der Waals surface area contributed by atoms with Crippen LogP contribution in [0.3, 0.4) is 0 Å². The fourth-order valence-electron chi connectivity index (χ4n) is 4.97. The first kappa shape index (κ1) is 22.3. The first-order chi connectivity index (χ1) is 15.6. The van der Waals surface area contributed by atoms with Gasteiger partial charge in [-0.25, -0.2) is 4.98 Å². The maximum Gasteiger partial charge on any atom is 0.173 e. The van der Waals surface area contributed by atoms with Crippen LogP contribution in [0.15, 0.2) is 48.5 Å². The number of nitrogens with zero attached hydrogens (tertiary/aromatic N) is 1.